The van der Waals surface area contributed by atoms with E-state index < -0.39 is 0 Å². The van der Waals surface area contributed by atoms with Crippen LogP contribution in [-0.4, -0.2) is 31.7 Å². The topological polar surface area (TPSA) is 50.4 Å². The summed E-state index contributed by atoms with van der Waals surface area (Å²) in [6.45, 7) is 3.78. The molecular weight excluding hydrogens is 264 g/mol. The van der Waals surface area contributed by atoms with E-state index in [1.54, 1.807) is 0 Å². The fraction of sp³-hybridized carbons (Fsp3) is 0.500. The zero-order valence-electron chi connectivity index (χ0n) is 11.0. The predicted octanol–water partition coefficient (Wildman–Crippen LogP) is 2.36. The van der Waals surface area contributed by atoms with E-state index >= 15 is 0 Å². The number of carbonyl (C=O) groups is 1. The SMILES string of the molecule is Cc1ccc(NC(=O)CNCC2CCCO2)c(Cl)c1. The largest absolute Gasteiger partial charge is 0.377 e. The summed E-state index contributed by atoms with van der Waals surface area (Å²) >= 11 is 6.06. The van der Waals surface area contributed by atoms with Gasteiger partial charge in [-0.3, -0.25) is 4.79 Å². The molecule has 2 rings (SSSR count). The second-order valence-corrected chi connectivity index (χ2v) is 5.20. The molecule has 2 N–H and O–H groups in total. The Morgan fingerprint density at radius 1 is 1.53 bits per heavy atom. The third-order valence-corrected chi connectivity index (χ3v) is 3.39. The summed E-state index contributed by atoms with van der Waals surface area (Å²) < 4.78 is 5.47. The van der Waals surface area contributed by atoms with Crippen molar-refractivity contribution in [3.63, 3.8) is 0 Å². The van der Waals surface area contributed by atoms with Crippen LogP contribution >= 0.6 is 11.6 Å². The normalized spacial score (nSPS) is 18.5. The maximum absolute atomic E-state index is 11.8. The van der Waals surface area contributed by atoms with Gasteiger partial charge in [-0.2, -0.15) is 0 Å². The van der Waals surface area contributed by atoms with Gasteiger partial charge in [0, 0.05) is 13.2 Å². The standard InChI is InChI=1S/C14H19ClN2O2/c1-10-4-5-13(12(15)7-10)17-14(18)9-16-8-11-3-2-6-19-11/h4-5,7,11,16H,2-3,6,8-9H2,1H3,(H,17,18). The van der Waals surface area contributed by atoms with Crippen molar-refractivity contribution in [1.29, 1.82) is 0 Å². The first-order chi connectivity index (χ1) is 9.15. The van der Waals surface area contributed by atoms with Crippen molar-refractivity contribution in [3.05, 3.63) is 28.8 Å². The number of carbonyl (C=O) groups excluding carboxylic acids is 1. The number of halogens is 1. The Bertz CT molecular complexity index is 445. The van der Waals surface area contributed by atoms with Gasteiger partial charge in [0.25, 0.3) is 0 Å². The van der Waals surface area contributed by atoms with Crippen LogP contribution in [0, 0.1) is 6.92 Å². The second-order valence-electron chi connectivity index (χ2n) is 4.80. The van der Waals surface area contributed by atoms with Crippen LogP contribution in [0.1, 0.15) is 18.4 Å². The molecule has 104 valence electrons. The fourth-order valence-electron chi connectivity index (χ4n) is 2.07. The van der Waals surface area contributed by atoms with Gasteiger partial charge in [0.15, 0.2) is 0 Å². The second kappa shape index (κ2) is 6.89. The lowest BCUT2D eigenvalue weighted by Crippen LogP contribution is -2.33. The minimum atomic E-state index is -0.0937. The van der Waals surface area contributed by atoms with Crippen molar-refractivity contribution >= 4 is 23.2 Å². The van der Waals surface area contributed by atoms with Crippen molar-refractivity contribution in [2.24, 2.45) is 0 Å². The first-order valence-corrected chi connectivity index (χ1v) is 6.91. The molecule has 5 heteroatoms. The predicted molar refractivity (Wildman–Crippen MR) is 76.7 cm³/mol. The molecule has 0 spiro atoms. The Balaban J connectivity index is 1.74. The molecule has 0 aliphatic carbocycles. The summed E-state index contributed by atoms with van der Waals surface area (Å²) in [7, 11) is 0. The summed E-state index contributed by atoms with van der Waals surface area (Å²) in [6, 6.07) is 5.56. The van der Waals surface area contributed by atoms with Gasteiger partial charge in [-0.05, 0) is 37.5 Å². The third-order valence-electron chi connectivity index (χ3n) is 3.08. The molecule has 1 fully saturated rings. The van der Waals surface area contributed by atoms with E-state index in [0.29, 0.717) is 10.7 Å². The maximum atomic E-state index is 11.8. The molecule has 1 unspecified atom stereocenters. The lowest BCUT2D eigenvalue weighted by Gasteiger charge is -2.11. The highest BCUT2D eigenvalue weighted by molar-refractivity contribution is 6.33. The fourth-order valence-corrected chi connectivity index (χ4v) is 2.35. The van der Waals surface area contributed by atoms with E-state index in [1.807, 2.05) is 25.1 Å². The first kappa shape index (κ1) is 14.3. The minimum Gasteiger partial charge on any atom is -0.377 e. The number of nitrogens with one attached hydrogen (secondary N) is 2. The minimum absolute atomic E-state index is 0.0937. The molecule has 1 amide bonds. The molecule has 0 bridgehead atoms. The Hall–Kier alpha value is -1.10. The summed E-state index contributed by atoms with van der Waals surface area (Å²) in [5.41, 5.74) is 1.72. The van der Waals surface area contributed by atoms with Gasteiger partial charge in [0.2, 0.25) is 5.91 Å². The molecule has 1 heterocycles. The van der Waals surface area contributed by atoms with Crippen molar-refractivity contribution in [2.45, 2.75) is 25.9 Å². The van der Waals surface area contributed by atoms with Crippen LogP contribution in [-0.2, 0) is 9.53 Å². The molecular formula is C14H19ClN2O2. The van der Waals surface area contributed by atoms with Crippen LogP contribution < -0.4 is 10.6 Å². The van der Waals surface area contributed by atoms with E-state index in [1.165, 1.54) is 0 Å². The van der Waals surface area contributed by atoms with Crippen molar-refractivity contribution in [2.75, 3.05) is 25.0 Å². The number of aryl methyl sites for hydroxylation is 1. The first-order valence-electron chi connectivity index (χ1n) is 6.53. The average Bonchev–Trinajstić information content (AvgIpc) is 2.86. The molecule has 19 heavy (non-hydrogen) atoms. The lowest BCUT2D eigenvalue weighted by molar-refractivity contribution is -0.115. The highest BCUT2D eigenvalue weighted by atomic mass is 35.5. The molecule has 0 saturated carbocycles. The number of ether oxygens (including phenoxy) is 1. The maximum Gasteiger partial charge on any atom is 0.238 e. The Kier molecular flexibility index (Phi) is 5.19. The van der Waals surface area contributed by atoms with Crippen LogP contribution in [0.15, 0.2) is 18.2 Å². The molecule has 1 aromatic rings. The van der Waals surface area contributed by atoms with E-state index in [0.717, 1.165) is 31.6 Å². The lowest BCUT2D eigenvalue weighted by atomic mass is 10.2. The van der Waals surface area contributed by atoms with Gasteiger partial charge in [-0.25, -0.2) is 0 Å². The van der Waals surface area contributed by atoms with Crippen LogP contribution in [0.3, 0.4) is 0 Å². The number of anilines is 1. The molecule has 0 radical (unpaired) electrons. The molecule has 1 aromatic carbocycles. The van der Waals surface area contributed by atoms with Crippen molar-refractivity contribution in [3.8, 4) is 0 Å². The van der Waals surface area contributed by atoms with Gasteiger partial charge in [0.1, 0.15) is 0 Å². The van der Waals surface area contributed by atoms with E-state index in [4.69, 9.17) is 16.3 Å². The van der Waals surface area contributed by atoms with E-state index in [9.17, 15) is 4.79 Å². The quantitative estimate of drug-likeness (QED) is 0.872. The molecule has 1 atom stereocenters. The summed E-state index contributed by atoms with van der Waals surface area (Å²) in [4.78, 5) is 11.8. The number of benzene rings is 1. The number of amides is 1. The number of rotatable bonds is 5. The van der Waals surface area contributed by atoms with Gasteiger partial charge in [0.05, 0.1) is 23.4 Å². The van der Waals surface area contributed by atoms with Crippen LogP contribution in [0.2, 0.25) is 5.02 Å². The van der Waals surface area contributed by atoms with E-state index in [2.05, 4.69) is 10.6 Å². The summed E-state index contributed by atoms with van der Waals surface area (Å²) in [5.74, 6) is -0.0937. The van der Waals surface area contributed by atoms with Gasteiger partial charge in [-0.15, -0.1) is 0 Å². The smallest absolute Gasteiger partial charge is 0.238 e. The molecule has 1 aliphatic heterocycles. The zero-order chi connectivity index (χ0) is 13.7. The zero-order valence-corrected chi connectivity index (χ0v) is 11.8. The average molecular weight is 283 g/mol. The third kappa shape index (κ3) is 4.49. The van der Waals surface area contributed by atoms with Crippen LogP contribution in [0.4, 0.5) is 5.69 Å². The highest BCUT2D eigenvalue weighted by Crippen LogP contribution is 2.22. The van der Waals surface area contributed by atoms with E-state index in [-0.39, 0.29) is 18.6 Å². The Labute approximate surface area is 118 Å². The van der Waals surface area contributed by atoms with Crippen LogP contribution in [0.25, 0.3) is 0 Å². The van der Waals surface area contributed by atoms with Crippen molar-refractivity contribution in [1.82, 2.24) is 5.32 Å². The van der Waals surface area contributed by atoms with Gasteiger partial charge < -0.3 is 15.4 Å². The number of hydrogen-bond acceptors (Lipinski definition) is 3. The van der Waals surface area contributed by atoms with Crippen LogP contribution in [0.5, 0.6) is 0 Å². The molecule has 0 aromatic heterocycles. The molecule has 1 saturated heterocycles. The van der Waals surface area contributed by atoms with Crippen molar-refractivity contribution < 1.29 is 9.53 Å². The summed E-state index contributed by atoms with van der Waals surface area (Å²) in [6.07, 6.45) is 2.42. The Morgan fingerprint density at radius 2 is 2.37 bits per heavy atom. The number of hydrogen-bond donors (Lipinski definition) is 2. The molecule has 4 nitrogen and oxygen atoms in total. The highest BCUT2D eigenvalue weighted by Gasteiger charge is 2.15. The summed E-state index contributed by atoms with van der Waals surface area (Å²) in [5, 5.41) is 6.45. The van der Waals surface area contributed by atoms with Gasteiger partial charge in [-0.1, -0.05) is 17.7 Å². The van der Waals surface area contributed by atoms with Gasteiger partial charge >= 0.3 is 0 Å². The Morgan fingerprint density at radius 3 is 3.05 bits per heavy atom. The molecule has 1 aliphatic rings. The monoisotopic (exact) mass is 282 g/mol.